The molecule has 94 valence electrons. The van der Waals surface area contributed by atoms with Crippen molar-refractivity contribution in [3.05, 3.63) is 53.7 Å². The van der Waals surface area contributed by atoms with Crippen LogP contribution in [0.25, 0.3) is 0 Å². The van der Waals surface area contributed by atoms with Crippen LogP contribution in [-0.2, 0) is 4.79 Å². The molecule has 2 heterocycles. The summed E-state index contributed by atoms with van der Waals surface area (Å²) in [5, 5.41) is 10.2. The van der Waals surface area contributed by atoms with Crippen molar-refractivity contribution in [2.24, 2.45) is 10.2 Å². The lowest BCUT2D eigenvalue weighted by Gasteiger charge is -1.95. The monoisotopic (exact) mass is 257 g/mol. The van der Waals surface area contributed by atoms with Crippen molar-refractivity contribution in [3.8, 4) is 0 Å². The Hall–Kier alpha value is -2.76. The van der Waals surface area contributed by atoms with E-state index in [1.165, 1.54) is 30.7 Å². The number of rotatable bonds is 2. The van der Waals surface area contributed by atoms with Crippen LogP contribution in [0.2, 0.25) is 0 Å². The molecule has 2 aromatic rings. The molecule has 1 aromatic carbocycles. The first kappa shape index (κ1) is 11.3. The van der Waals surface area contributed by atoms with Crippen LogP contribution in [-0.4, -0.2) is 17.8 Å². The Balaban J connectivity index is 1.93. The third-order valence-electron chi connectivity index (χ3n) is 2.59. The molecular weight excluding hydrogens is 249 g/mol. The number of carbonyl (C=O) groups is 1. The summed E-state index contributed by atoms with van der Waals surface area (Å²) in [4.78, 5) is 11.7. The molecule has 0 fully saturated rings. The van der Waals surface area contributed by atoms with Crippen LogP contribution in [0.1, 0.15) is 11.3 Å². The quantitative estimate of drug-likeness (QED) is 0.662. The number of hydrogen-bond acceptors (Lipinski definition) is 4. The fraction of sp³-hybridized carbons (Fsp3) is 0. The number of furan rings is 1. The van der Waals surface area contributed by atoms with Gasteiger partial charge in [-0.2, -0.15) is 5.10 Å². The molecule has 0 bridgehead atoms. The summed E-state index contributed by atoms with van der Waals surface area (Å²) in [6.07, 6.45) is 2.87. The smallest absolute Gasteiger partial charge is 0.276 e. The third kappa shape index (κ3) is 2.15. The summed E-state index contributed by atoms with van der Waals surface area (Å²) in [5.74, 6) is -0.322. The molecule has 0 saturated carbocycles. The number of carbonyl (C=O) groups excluding carboxylic acids is 1. The first-order valence-corrected chi connectivity index (χ1v) is 5.50. The summed E-state index contributed by atoms with van der Waals surface area (Å²) >= 11 is 0. The molecule has 0 saturated heterocycles. The van der Waals surface area contributed by atoms with Gasteiger partial charge in [0.25, 0.3) is 5.91 Å². The number of hydrogen-bond donors (Lipinski definition) is 1. The zero-order chi connectivity index (χ0) is 13.2. The number of nitrogens with zero attached hydrogens (tertiary/aromatic N) is 2. The number of anilines is 1. The van der Waals surface area contributed by atoms with Crippen LogP contribution in [0.15, 0.2) is 51.2 Å². The van der Waals surface area contributed by atoms with Crippen LogP contribution in [0.4, 0.5) is 10.1 Å². The fourth-order valence-corrected chi connectivity index (χ4v) is 1.73. The van der Waals surface area contributed by atoms with E-state index in [-0.39, 0.29) is 5.71 Å². The van der Waals surface area contributed by atoms with Gasteiger partial charge in [-0.25, -0.2) is 4.39 Å². The zero-order valence-electron chi connectivity index (χ0n) is 9.63. The molecular formula is C13H8FN3O2. The maximum atomic E-state index is 13.2. The standard InChI is InChI=1S/C13H8FN3O2/c14-8-3-4-11-10(6-8)12(13(18)16-11)17-15-7-9-2-1-5-19-9/h1-7H,(H,16,17,18)/b15-7-. The van der Waals surface area contributed by atoms with Gasteiger partial charge >= 0.3 is 0 Å². The van der Waals surface area contributed by atoms with E-state index in [1.807, 2.05) is 0 Å². The topological polar surface area (TPSA) is 67.0 Å². The number of amides is 1. The lowest BCUT2D eigenvalue weighted by molar-refractivity contribution is -0.110. The lowest BCUT2D eigenvalue weighted by Crippen LogP contribution is -2.13. The van der Waals surface area contributed by atoms with Gasteiger partial charge in [0, 0.05) is 5.56 Å². The van der Waals surface area contributed by atoms with Crippen LogP contribution in [0.5, 0.6) is 0 Å². The molecule has 1 aliphatic rings. The number of benzene rings is 1. The molecule has 6 heteroatoms. The summed E-state index contributed by atoms with van der Waals surface area (Å²) in [6.45, 7) is 0. The van der Waals surface area contributed by atoms with E-state index >= 15 is 0 Å². The number of halogens is 1. The van der Waals surface area contributed by atoms with E-state index in [1.54, 1.807) is 12.1 Å². The molecule has 1 aliphatic heterocycles. The average molecular weight is 257 g/mol. The second-order valence-electron chi connectivity index (χ2n) is 3.85. The van der Waals surface area contributed by atoms with Gasteiger partial charge in [-0.05, 0) is 30.3 Å². The van der Waals surface area contributed by atoms with E-state index in [2.05, 4.69) is 15.5 Å². The van der Waals surface area contributed by atoms with Crippen LogP contribution >= 0.6 is 0 Å². The highest BCUT2D eigenvalue weighted by molar-refractivity contribution is 6.53. The van der Waals surface area contributed by atoms with Crippen molar-refractivity contribution in [3.63, 3.8) is 0 Å². The molecule has 0 unspecified atom stereocenters. The minimum Gasteiger partial charge on any atom is -0.463 e. The predicted molar refractivity (Wildman–Crippen MR) is 67.9 cm³/mol. The van der Waals surface area contributed by atoms with Crippen molar-refractivity contribution in [2.75, 3.05) is 5.32 Å². The van der Waals surface area contributed by atoms with Gasteiger partial charge in [0.1, 0.15) is 11.6 Å². The minimum absolute atomic E-state index is 0.0808. The molecule has 1 aromatic heterocycles. The maximum Gasteiger partial charge on any atom is 0.276 e. The SMILES string of the molecule is O=C1Nc2ccc(F)cc2/C1=N\N=C/c1ccco1. The van der Waals surface area contributed by atoms with Crippen LogP contribution in [0, 0.1) is 5.82 Å². The highest BCUT2D eigenvalue weighted by Crippen LogP contribution is 2.24. The molecule has 5 nitrogen and oxygen atoms in total. The van der Waals surface area contributed by atoms with E-state index in [9.17, 15) is 9.18 Å². The summed E-state index contributed by atoms with van der Waals surface area (Å²) in [6, 6.07) is 7.41. The van der Waals surface area contributed by atoms with E-state index in [4.69, 9.17) is 4.42 Å². The molecule has 0 radical (unpaired) electrons. The Kier molecular flexibility index (Phi) is 2.68. The van der Waals surface area contributed by atoms with Gasteiger partial charge in [-0.1, -0.05) is 0 Å². The molecule has 19 heavy (non-hydrogen) atoms. The minimum atomic E-state index is -0.432. The van der Waals surface area contributed by atoms with Gasteiger partial charge in [-0.3, -0.25) is 4.79 Å². The zero-order valence-corrected chi connectivity index (χ0v) is 9.63. The second kappa shape index (κ2) is 4.49. The first-order valence-electron chi connectivity index (χ1n) is 5.50. The highest BCUT2D eigenvalue weighted by Gasteiger charge is 2.26. The second-order valence-corrected chi connectivity index (χ2v) is 3.85. The normalized spacial score (nSPS) is 16.1. The van der Waals surface area contributed by atoms with E-state index in [0.29, 0.717) is 17.0 Å². The summed E-state index contributed by atoms with van der Waals surface area (Å²) in [7, 11) is 0. The number of nitrogens with one attached hydrogen (secondary N) is 1. The van der Waals surface area contributed by atoms with Crippen LogP contribution < -0.4 is 5.32 Å². The Morgan fingerprint density at radius 3 is 3.00 bits per heavy atom. The Labute approximate surface area is 107 Å². The largest absolute Gasteiger partial charge is 0.463 e. The molecule has 0 aliphatic carbocycles. The molecule has 1 N–H and O–H groups in total. The van der Waals surface area contributed by atoms with E-state index in [0.717, 1.165) is 0 Å². The predicted octanol–water partition coefficient (Wildman–Crippen LogP) is 2.19. The number of fused-ring (bicyclic) bond motifs is 1. The third-order valence-corrected chi connectivity index (χ3v) is 2.59. The summed E-state index contributed by atoms with van der Waals surface area (Å²) in [5.41, 5.74) is 1.01. The van der Waals surface area contributed by atoms with Crippen LogP contribution in [0.3, 0.4) is 0 Å². The Bertz CT molecular complexity index is 690. The average Bonchev–Trinajstić information content (AvgIpc) is 2.99. The van der Waals surface area contributed by atoms with E-state index < -0.39 is 11.7 Å². The molecule has 3 rings (SSSR count). The van der Waals surface area contributed by atoms with Gasteiger partial charge in [0.15, 0.2) is 5.71 Å². The van der Waals surface area contributed by atoms with Crippen molar-refractivity contribution >= 4 is 23.5 Å². The van der Waals surface area contributed by atoms with Gasteiger partial charge < -0.3 is 9.73 Å². The van der Waals surface area contributed by atoms with Crippen molar-refractivity contribution < 1.29 is 13.6 Å². The molecule has 1 amide bonds. The highest BCUT2D eigenvalue weighted by atomic mass is 19.1. The Morgan fingerprint density at radius 1 is 1.32 bits per heavy atom. The van der Waals surface area contributed by atoms with Gasteiger partial charge in [0.2, 0.25) is 0 Å². The van der Waals surface area contributed by atoms with Crippen molar-refractivity contribution in [2.45, 2.75) is 0 Å². The summed E-state index contributed by atoms with van der Waals surface area (Å²) < 4.78 is 18.2. The maximum absolute atomic E-state index is 13.2. The van der Waals surface area contributed by atoms with Crippen molar-refractivity contribution in [1.82, 2.24) is 0 Å². The first-order chi connectivity index (χ1) is 9.24. The lowest BCUT2D eigenvalue weighted by atomic mass is 10.1. The van der Waals surface area contributed by atoms with Crippen molar-refractivity contribution in [1.29, 1.82) is 0 Å². The fourth-order valence-electron chi connectivity index (χ4n) is 1.73. The molecule has 0 atom stereocenters. The Morgan fingerprint density at radius 2 is 2.21 bits per heavy atom. The molecule has 0 spiro atoms. The van der Waals surface area contributed by atoms with Gasteiger partial charge in [0.05, 0.1) is 18.2 Å². The van der Waals surface area contributed by atoms with Gasteiger partial charge in [-0.15, -0.1) is 5.10 Å².